The zero-order valence-electron chi connectivity index (χ0n) is 11.5. The van der Waals surface area contributed by atoms with E-state index in [-0.39, 0.29) is 11.5 Å². The van der Waals surface area contributed by atoms with Crippen molar-refractivity contribution in [1.82, 2.24) is 4.72 Å². The van der Waals surface area contributed by atoms with Crippen molar-refractivity contribution in [3.8, 4) is 0 Å². The minimum Gasteiger partial charge on any atom is -0.460 e. The molecule has 0 fully saturated rings. The second kappa shape index (κ2) is 7.15. The third kappa shape index (κ3) is 4.64. The highest BCUT2D eigenvalue weighted by atomic mass is 32.2. The van der Waals surface area contributed by atoms with E-state index in [0.717, 1.165) is 29.8 Å². The summed E-state index contributed by atoms with van der Waals surface area (Å²) < 4.78 is 43.6. The number of benzene rings is 2. The number of nitrogens with one attached hydrogen (secondary N) is 1. The topological polar surface area (TPSA) is 72.5 Å². The fourth-order valence-corrected chi connectivity index (χ4v) is 2.61. The van der Waals surface area contributed by atoms with Crippen molar-refractivity contribution in [3.05, 3.63) is 66.0 Å². The van der Waals surface area contributed by atoms with Crippen molar-refractivity contribution in [3.63, 3.8) is 0 Å². The van der Waals surface area contributed by atoms with Crippen LogP contribution >= 0.6 is 0 Å². The molecule has 0 aliphatic heterocycles. The molecule has 0 unspecified atom stereocenters. The molecule has 0 aromatic heterocycles. The molecule has 2 aromatic rings. The summed E-state index contributed by atoms with van der Waals surface area (Å²) in [5, 5.41) is 0. The summed E-state index contributed by atoms with van der Waals surface area (Å²) in [7, 11) is -3.87. The molecule has 22 heavy (non-hydrogen) atoms. The molecule has 0 aliphatic rings. The molecule has 0 radical (unpaired) electrons. The third-order valence-corrected chi connectivity index (χ3v) is 4.19. The Balaban J connectivity index is 1.86. The number of hydrogen-bond acceptors (Lipinski definition) is 4. The summed E-state index contributed by atoms with van der Waals surface area (Å²) >= 11 is 0. The molecule has 116 valence electrons. The summed E-state index contributed by atoms with van der Waals surface area (Å²) in [5.41, 5.74) is 0.803. The quantitative estimate of drug-likeness (QED) is 0.824. The molecule has 5 nitrogen and oxygen atoms in total. The summed E-state index contributed by atoms with van der Waals surface area (Å²) in [4.78, 5) is 11.4. The third-order valence-electron chi connectivity index (χ3n) is 2.77. The van der Waals surface area contributed by atoms with E-state index >= 15 is 0 Å². The lowest BCUT2D eigenvalue weighted by molar-refractivity contribution is -0.143. The lowest BCUT2D eigenvalue weighted by atomic mass is 10.2. The van der Waals surface area contributed by atoms with Crippen LogP contribution < -0.4 is 4.72 Å². The van der Waals surface area contributed by atoms with Gasteiger partial charge in [0.2, 0.25) is 10.0 Å². The van der Waals surface area contributed by atoms with Gasteiger partial charge in [0.05, 0.1) is 4.90 Å². The maximum atomic E-state index is 12.8. The molecule has 2 aromatic carbocycles. The Bertz CT molecular complexity index is 730. The molecule has 0 bridgehead atoms. The molecular weight excluding hydrogens is 309 g/mol. The fourth-order valence-electron chi connectivity index (χ4n) is 1.64. The minimum atomic E-state index is -3.87. The van der Waals surface area contributed by atoms with Crippen molar-refractivity contribution in [2.24, 2.45) is 0 Å². The molecule has 0 heterocycles. The molecule has 7 heteroatoms. The molecule has 0 amide bonds. The molecule has 0 saturated heterocycles. The van der Waals surface area contributed by atoms with Gasteiger partial charge in [-0.05, 0) is 29.8 Å². The second-order valence-corrected chi connectivity index (χ2v) is 6.19. The van der Waals surface area contributed by atoms with E-state index in [1.54, 1.807) is 24.3 Å². The van der Waals surface area contributed by atoms with E-state index in [1.165, 1.54) is 0 Å². The van der Waals surface area contributed by atoms with Crippen LogP contribution in [0, 0.1) is 5.82 Å². The molecule has 0 atom stereocenters. The van der Waals surface area contributed by atoms with E-state index in [2.05, 4.69) is 4.72 Å². The van der Waals surface area contributed by atoms with Gasteiger partial charge in [-0.3, -0.25) is 4.79 Å². The lowest BCUT2D eigenvalue weighted by Gasteiger charge is -2.07. The molecule has 0 spiro atoms. The van der Waals surface area contributed by atoms with Crippen LogP contribution in [0.25, 0.3) is 0 Å². The Hall–Kier alpha value is -2.25. The summed E-state index contributed by atoms with van der Waals surface area (Å²) in [5.74, 6) is -1.24. The van der Waals surface area contributed by atoms with E-state index < -0.39 is 28.4 Å². The predicted octanol–water partition coefficient (Wildman–Crippen LogP) is 1.85. The fraction of sp³-hybridized carbons (Fsp3) is 0.133. The molecule has 0 aliphatic carbocycles. The minimum absolute atomic E-state index is 0.0674. The van der Waals surface area contributed by atoms with E-state index in [1.807, 2.05) is 6.07 Å². The summed E-state index contributed by atoms with van der Waals surface area (Å²) in [6, 6.07) is 13.3. The van der Waals surface area contributed by atoms with Crippen molar-refractivity contribution >= 4 is 16.0 Å². The SMILES string of the molecule is O=C(CNS(=O)(=O)c1ccc(F)cc1)OCc1ccccc1. The second-order valence-electron chi connectivity index (χ2n) is 4.42. The highest BCUT2D eigenvalue weighted by molar-refractivity contribution is 7.89. The van der Waals surface area contributed by atoms with Gasteiger partial charge in [-0.15, -0.1) is 0 Å². The van der Waals surface area contributed by atoms with Crippen LogP contribution in [-0.2, 0) is 26.2 Å². The number of rotatable bonds is 6. The van der Waals surface area contributed by atoms with Crippen molar-refractivity contribution in [2.75, 3.05) is 6.54 Å². The van der Waals surface area contributed by atoms with Crippen LogP contribution in [0.3, 0.4) is 0 Å². The van der Waals surface area contributed by atoms with Crippen LogP contribution in [-0.4, -0.2) is 20.9 Å². The zero-order valence-corrected chi connectivity index (χ0v) is 12.3. The highest BCUT2D eigenvalue weighted by Gasteiger charge is 2.16. The lowest BCUT2D eigenvalue weighted by Crippen LogP contribution is -2.30. The van der Waals surface area contributed by atoms with E-state index in [0.29, 0.717) is 0 Å². The van der Waals surface area contributed by atoms with Gasteiger partial charge in [-0.25, -0.2) is 12.8 Å². The first-order valence-electron chi connectivity index (χ1n) is 6.42. The van der Waals surface area contributed by atoms with Crippen LogP contribution in [0.4, 0.5) is 4.39 Å². The number of carbonyl (C=O) groups is 1. The van der Waals surface area contributed by atoms with Crippen LogP contribution in [0.1, 0.15) is 5.56 Å². The number of halogens is 1. The van der Waals surface area contributed by atoms with Gasteiger partial charge < -0.3 is 4.74 Å². The van der Waals surface area contributed by atoms with Crippen LogP contribution in [0.15, 0.2) is 59.5 Å². The first-order chi connectivity index (χ1) is 10.5. The number of esters is 1. The monoisotopic (exact) mass is 323 g/mol. The van der Waals surface area contributed by atoms with E-state index in [4.69, 9.17) is 4.74 Å². The van der Waals surface area contributed by atoms with Gasteiger partial charge in [0, 0.05) is 0 Å². The molecule has 0 saturated carbocycles. The molecule has 1 N–H and O–H groups in total. The van der Waals surface area contributed by atoms with E-state index in [9.17, 15) is 17.6 Å². The number of carbonyl (C=O) groups excluding carboxylic acids is 1. The number of hydrogen-bond donors (Lipinski definition) is 1. The first kappa shape index (κ1) is 16.1. The average Bonchev–Trinajstić information content (AvgIpc) is 2.52. The van der Waals surface area contributed by atoms with Gasteiger partial charge in [-0.2, -0.15) is 4.72 Å². The predicted molar refractivity (Wildman–Crippen MR) is 77.8 cm³/mol. The van der Waals surface area contributed by atoms with Gasteiger partial charge in [0.1, 0.15) is 19.0 Å². The summed E-state index contributed by atoms with van der Waals surface area (Å²) in [6.45, 7) is -0.426. The summed E-state index contributed by atoms with van der Waals surface area (Å²) in [6.07, 6.45) is 0. The van der Waals surface area contributed by atoms with Gasteiger partial charge >= 0.3 is 5.97 Å². The zero-order chi connectivity index (χ0) is 16.0. The van der Waals surface area contributed by atoms with Crippen molar-refractivity contribution in [1.29, 1.82) is 0 Å². The first-order valence-corrected chi connectivity index (χ1v) is 7.90. The molecule has 2 rings (SSSR count). The Labute approximate surface area is 127 Å². The number of sulfonamides is 1. The Kier molecular flexibility index (Phi) is 5.24. The maximum Gasteiger partial charge on any atom is 0.321 e. The van der Waals surface area contributed by atoms with Crippen molar-refractivity contribution < 1.29 is 22.3 Å². The smallest absolute Gasteiger partial charge is 0.321 e. The van der Waals surface area contributed by atoms with Gasteiger partial charge in [-0.1, -0.05) is 30.3 Å². The van der Waals surface area contributed by atoms with Crippen molar-refractivity contribution in [2.45, 2.75) is 11.5 Å². The number of ether oxygens (including phenoxy) is 1. The van der Waals surface area contributed by atoms with Gasteiger partial charge in [0.15, 0.2) is 0 Å². The maximum absolute atomic E-state index is 12.8. The Morgan fingerprint density at radius 2 is 1.68 bits per heavy atom. The van der Waals surface area contributed by atoms with Crippen LogP contribution in [0.2, 0.25) is 0 Å². The normalized spacial score (nSPS) is 11.1. The van der Waals surface area contributed by atoms with Crippen LogP contribution in [0.5, 0.6) is 0 Å². The molecular formula is C15H14FNO4S. The Morgan fingerprint density at radius 3 is 2.32 bits per heavy atom. The average molecular weight is 323 g/mol. The van der Waals surface area contributed by atoms with Gasteiger partial charge in [0.25, 0.3) is 0 Å². The Morgan fingerprint density at radius 1 is 1.05 bits per heavy atom. The standard InChI is InChI=1S/C15H14FNO4S/c16-13-6-8-14(9-7-13)22(19,20)17-10-15(18)21-11-12-4-2-1-3-5-12/h1-9,17H,10-11H2. The largest absolute Gasteiger partial charge is 0.460 e. The highest BCUT2D eigenvalue weighted by Crippen LogP contribution is 2.09.